The van der Waals surface area contributed by atoms with Gasteiger partial charge in [-0.15, -0.1) is 0 Å². The summed E-state index contributed by atoms with van der Waals surface area (Å²) in [5, 5.41) is 6.19. The van der Waals surface area contributed by atoms with E-state index in [9.17, 15) is 4.79 Å². The number of amides is 1. The monoisotopic (exact) mass is 280 g/mol. The normalized spacial score (nSPS) is 16.4. The largest absolute Gasteiger partial charge is 0.466 e. The molecule has 1 aliphatic heterocycles. The van der Waals surface area contributed by atoms with Gasteiger partial charge in [-0.3, -0.25) is 4.79 Å². The molecule has 0 spiro atoms. The molecule has 112 valence electrons. The van der Waals surface area contributed by atoms with Crippen LogP contribution >= 0.6 is 0 Å². The van der Waals surface area contributed by atoms with Crippen molar-refractivity contribution >= 4 is 5.91 Å². The molecule has 1 saturated heterocycles. The van der Waals surface area contributed by atoms with Crippen LogP contribution in [0.3, 0.4) is 0 Å². The first-order chi connectivity index (χ1) is 9.59. The fourth-order valence-electron chi connectivity index (χ4n) is 2.57. The van der Waals surface area contributed by atoms with Crippen molar-refractivity contribution in [1.29, 1.82) is 0 Å². The lowest BCUT2D eigenvalue weighted by Crippen LogP contribution is -2.35. The zero-order valence-corrected chi connectivity index (χ0v) is 12.5. The second-order valence-corrected chi connectivity index (χ2v) is 5.29. The minimum atomic E-state index is -0.0780. The quantitative estimate of drug-likeness (QED) is 0.806. The summed E-state index contributed by atoms with van der Waals surface area (Å²) in [6.45, 7) is 8.73. The van der Waals surface area contributed by atoms with E-state index in [-0.39, 0.29) is 5.91 Å². The molecule has 0 aromatic carbocycles. The van der Waals surface area contributed by atoms with Gasteiger partial charge < -0.3 is 19.8 Å². The zero-order valence-electron chi connectivity index (χ0n) is 12.5. The number of piperidine rings is 1. The standard InChI is InChI=1S/C15H24N2O3/c1-10-11(2)20-12(3)14(10)15(18)17-8-9-19-13-4-6-16-7-5-13/h13,16H,4-9H2,1-3H3,(H,17,18). The van der Waals surface area contributed by atoms with E-state index in [1.807, 2.05) is 20.8 Å². The predicted octanol–water partition coefficient (Wildman–Crippen LogP) is 1.70. The Morgan fingerprint density at radius 2 is 2.00 bits per heavy atom. The molecule has 1 fully saturated rings. The molecular formula is C15H24N2O3. The first-order valence-corrected chi connectivity index (χ1v) is 7.26. The number of carbonyl (C=O) groups is 1. The topological polar surface area (TPSA) is 63.5 Å². The van der Waals surface area contributed by atoms with Crippen molar-refractivity contribution in [3.63, 3.8) is 0 Å². The molecule has 2 rings (SSSR count). The smallest absolute Gasteiger partial charge is 0.255 e. The van der Waals surface area contributed by atoms with Crippen molar-refractivity contribution in [2.75, 3.05) is 26.2 Å². The number of rotatable bonds is 5. The number of ether oxygens (including phenoxy) is 1. The number of aryl methyl sites for hydroxylation is 2. The minimum absolute atomic E-state index is 0.0780. The average Bonchev–Trinajstić information content (AvgIpc) is 2.69. The maximum absolute atomic E-state index is 12.1. The van der Waals surface area contributed by atoms with Gasteiger partial charge in [0.05, 0.1) is 18.3 Å². The van der Waals surface area contributed by atoms with Crippen molar-refractivity contribution in [2.24, 2.45) is 0 Å². The molecule has 5 nitrogen and oxygen atoms in total. The third kappa shape index (κ3) is 3.61. The van der Waals surface area contributed by atoms with E-state index in [0.29, 0.717) is 30.6 Å². The lowest BCUT2D eigenvalue weighted by atomic mass is 10.1. The van der Waals surface area contributed by atoms with Gasteiger partial charge in [-0.25, -0.2) is 0 Å². The van der Waals surface area contributed by atoms with Gasteiger partial charge in [-0.2, -0.15) is 0 Å². The molecule has 0 radical (unpaired) electrons. The first kappa shape index (κ1) is 15.1. The summed E-state index contributed by atoms with van der Waals surface area (Å²) in [7, 11) is 0. The lowest BCUT2D eigenvalue weighted by Gasteiger charge is -2.22. The van der Waals surface area contributed by atoms with E-state index in [1.54, 1.807) is 0 Å². The maximum atomic E-state index is 12.1. The molecule has 0 saturated carbocycles. The van der Waals surface area contributed by atoms with Crippen LogP contribution in [0.2, 0.25) is 0 Å². The van der Waals surface area contributed by atoms with Crippen LogP contribution in [-0.4, -0.2) is 38.3 Å². The molecule has 0 unspecified atom stereocenters. The van der Waals surface area contributed by atoms with Crippen LogP contribution in [0, 0.1) is 20.8 Å². The predicted molar refractivity (Wildman–Crippen MR) is 77.1 cm³/mol. The second kappa shape index (κ2) is 6.90. The molecule has 1 aromatic heterocycles. The Morgan fingerprint density at radius 3 is 2.60 bits per heavy atom. The molecule has 0 aliphatic carbocycles. The Hall–Kier alpha value is -1.33. The highest BCUT2D eigenvalue weighted by molar-refractivity contribution is 5.96. The molecule has 2 heterocycles. The van der Waals surface area contributed by atoms with Crippen molar-refractivity contribution < 1.29 is 13.9 Å². The Bertz CT molecular complexity index is 462. The summed E-state index contributed by atoms with van der Waals surface area (Å²) < 4.78 is 11.2. The summed E-state index contributed by atoms with van der Waals surface area (Å²) >= 11 is 0. The van der Waals surface area contributed by atoms with Gasteiger partial charge in [0.2, 0.25) is 0 Å². The number of carbonyl (C=O) groups excluding carboxylic acids is 1. The summed E-state index contributed by atoms with van der Waals surface area (Å²) in [6, 6.07) is 0. The van der Waals surface area contributed by atoms with Crippen molar-refractivity contribution in [2.45, 2.75) is 39.7 Å². The highest BCUT2D eigenvalue weighted by atomic mass is 16.5. The van der Waals surface area contributed by atoms with Crippen LogP contribution in [0.5, 0.6) is 0 Å². The highest BCUT2D eigenvalue weighted by Crippen LogP contribution is 2.20. The summed E-state index contributed by atoms with van der Waals surface area (Å²) in [5.74, 6) is 1.40. The highest BCUT2D eigenvalue weighted by Gasteiger charge is 2.18. The van der Waals surface area contributed by atoms with E-state index in [2.05, 4.69) is 10.6 Å². The third-order valence-electron chi connectivity index (χ3n) is 3.82. The Morgan fingerprint density at radius 1 is 1.30 bits per heavy atom. The van der Waals surface area contributed by atoms with Crippen LogP contribution in [0.25, 0.3) is 0 Å². The van der Waals surface area contributed by atoms with Crippen LogP contribution in [0.1, 0.15) is 40.3 Å². The Labute approximate surface area is 120 Å². The van der Waals surface area contributed by atoms with Gasteiger partial charge in [0.15, 0.2) is 0 Å². The summed E-state index contributed by atoms with van der Waals surface area (Å²) in [5.41, 5.74) is 1.57. The number of hydrogen-bond donors (Lipinski definition) is 2. The van der Waals surface area contributed by atoms with Crippen molar-refractivity contribution in [3.8, 4) is 0 Å². The van der Waals surface area contributed by atoms with Crippen molar-refractivity contribution in [3.05, 3.63) is 22.6 Å². The molecule has 1 aliphatic rings. The first-order valence-electron chi connectivity index (χ1n) is 7.26. The maximum Gasteiger partial charge on any atom is 0.255 e. The van der Waals surface area contributed by atoms with Crippen LogP contribution < -0.4 is 10.6 Å². The van der Waals surface area contributed by atoms with Gasteiger partial charge in [-0.05, 0) is 46.7 Å². The van der Waals surface area contributed by atoms with Crippen LogP contribution in [0.15, 0.2) is 4.42 Å². The average molecular weight is 280 g/mol. The van der Waals surface area contributed by atoms with Crippen LogP contribution in [-0.2, 0) is 4.74 Å². The number of nitrogens with one attached hydrogen (secondary N) is 2. The van der Waals surface area contributed by atoms with Crippen LogP contribution in [0.4, 0.5) is 0 Å². The minimum Gasteiger partial charge on any atom is -0.466 e. The fourth-order valence-corrected chi connectivity index (χ4v) is 2.57. The van der Waals surface area contributed by atoms with Gasteiger partial charge in [-0.1, -0.05) is 0 Å². The van der Waals surface area contributed by atoms with Crippen molar-refractivity contribution in [1.82, 2.24) is 10.6 Å². The molecule has 0 bridgehead atoms. The van der Waals surface area contributed by atoms with E-state index in [1.165, 1.54) is 0 Å². The number of furan rings is 1. The van der Waals surface area contributed by atoms with Gasteiger partial charge >= 0.3 is 0 Å². The molecule has 20 heavy (non-hydrogen) atoms. The lowest BCUT2D eigenvalue weighted by molar-refractivity contribution is 0.0343. The van der Waals surface area contributed by atoms with E-state index in [4.69, 9.17) is 9.15 Å². The molecule has 5 heteroatoms. The Kier molecular flexibility index (Phi) is 5.20. The van der Waals surface area contributed by atoms with Gasteiger partial charge in [0.25, 0.3) is 5.91 Å². The molecular weight excluding hydrogens is 256 g/mol. The SMILES string of the molecule is Cc1oc(C)c(C(=O)NCCOC2CCNCC2)c1C. The fraction of sp³-hybridized carbons (Fsp3) is 0.667. The molecule has 1 aromatic rings. The summed E-state index contributed by atoms with van der Waals surface area (Å²) in [6.07, 6.45) is 2.42. The van der Waals surface area contributed by atoms with E-state index in [0.717, 1.165) is 37.3 Å². The van der Waals surface area contributed by atoms with E-state index < -0.39 is 0 Å². The zero-order chi connectivity index (χ0) is 14.5. The Balaban J connectivity index is 1.74. The van der Waals surface area contributed by atoms with E-state index >= 15 is 0 Å². The third-order valence-corrected chi connectivity index (χ3v) is 3.82. The molecule has 1 amide bonds. The molecule has 2 N–H and O–H groups in total. The molecule has 0 atom stereocenters. The summed E-state index contributed by atoms with van der Waals surface area (Å²) in [4.78, 5) is 12.1. The van der Waals surface area contributed by atoms with Gasteiger partial charge in [0.1, 0.15) is 11.5 Å². The second-order valence-electron chi connectivity index (χ2n) is 5.29. The van der Waals surface area contributed by atoms with Gasteiger partial charge in [0, 0.05) is 12.1 Å². The number of hydrogen-bond acceptors (Lipinski definition) is 4.